The maximum atomic E-state index is 12.0. The van der Waals surface area contributed by atoms with E-state index in [0.29, 0.717) is 17.6 Å². The molecule has 0 bridgehead atoms. The van der Waals surface area contributed by atoms with Gasteiger partial charge in [-0.25, -0.2) is 12.7 Å². The molecule has 0 fully saturated rings. The number of benzene rings is 1. The fourth-order valence-corrected chi connectivity index (χ4v) is 3.21. The molecule has 1 heterocycles. The van der Waals surface area contributed by atoms with E-state index < -0.39 is 16.9 Å². The Morgan fingerprint density at radius 1 is 1.38 bits per heavy atom. The van der Waals surface area contributed by atoms with Crippen LogP contribution in [0, 0.1) is 0 Å². The molecule has 6 heteroatoms. The van der Waals surface area contributed by atoms with Gasteiger partial charge in [-0.3, -0.25) is 0 Å². The van der Waals surface area contributed by atoms with Gasteiger partial charge in [0.05, 0.1) is 4.90 Å². The summed E-state index contributed by atoms with van der Waals surface area (Å²) in [6.45, 7) is -0.521. The Hall–Kier alpha value is -0.845. The van der Waals surface area contributed by atoms with Gasteiger partial charge in [0, 0.05) is 14.1 Å². The van der Waals surface area contributed by atoms with Crippen molar-refractivity contribution < 1.29 is 13.4 Å². The molecule has 16 heavy (non-hydrogen) atoms. The van der Waals surface area contributed by atoms with Crippen molar-refractivity contribution >= 4 is 22.4 Å². The molecule has 0 amide bonds. The first-order valence-corrected chi connectivity index (χ1v) is 6.61. The predicted molar refractivity (Wildman–Crippen MR) is 63.4 cm³/mol. The maximum absolute atomic E-state index is 12.0. The van der Waals surface area contributed by atoms with Crippen LogP contribution >= 0.6 is 0 Å². The van der Waals surface area contributed by atoms with Crippen molar-refractivity contribution in [2.24, 2.45) is 0 Å². The average Bonchev–Trinajstić information content (AvgIpc) is 2.60. The van der Waals surface area contributed by atoms with Crippen LogP contribution in [0.1, 0.15) is 5.56 Å². The van der Waals surface area contributed by atoms with Crippen molar-refractivity contribution in [1.29, 1.82) is 0 Å². The minimum absolute atomic E-state index is 0.326. The zero-order valence-corrected chi connectivity index (χ0v) is 10.2. The molecule has 1 aliphatic heterocycles. The largest absolute Gasteiger partial charge is 0.446 e. The van der Waals surface area contributed by atoms with Crippen LogP contribution in [0.2, 0.25) is 6.32 Å². The zero-order valence-electron chi connectivity index (χ0n) is 9.34. The maximum Gasteiger partial charge on any atom is 0.324 e. The summed E-state index contributed by atoms with van der Waals surface area (Å²) < 4.78 is 25.3. The van der Waals surface area contributed by atoms with Gasteiger partial charge < -0.3 is 5.02 Å². The lowest BCUT2D eigenvalue weighted by Crippen LogP contribution is -2.29. The van der Waals surface area contributed by atoms with Crippen LogP contribution in [0.5, 0.6) is 0 Å². The predicted octanol–water partition coefficient (Wildman–Crippen LogP) is -0.316. The molecule has 1 aromatic rings. The van der Waals surface area contributed by atoms with Crippen molar-refractivity contribution in [3.63, 3.8) is 0 Å². The lowest BCUT2D eigenvalue weighted by atomic mass is 9.63. The molecule has 0 unspecified atom stereocenters. The first kappa shape index (κ1) is 11.6. The molecular weight excluding hydrogens is 225 g/mol. The van der Waals surface area contributed by atoms with E-state index in [0.717, 1.165) is 11.0 Å². The Bertz CT molecular complexity index is 513. The number of hydrogen-bond donors (Lipinski definition) is 1. The normalized spacial score (nSPS) is 15.6. The molecule has 0 saturated heterocycles. The second kappa shape index (κ2) is 3.87. The van der Waals surface area contributed by atoms with Crippen molar-refractivity contribution in [2.45, 2.75) is 17.6 Å². The van der Waals surface area contributed by atoms with E-state index in [-0.39, 0.29) is 0 Å². The van der Waals surface area contributed by atoms with Crippen LogP contribution in [0.25, 0.3) is 0 Å². The minimum Gasteiger partial charge on any atom is -0.446 e. The molecule has 0 aliphatic carbocycles. The van der Waals surface area contributed by atoms with E-state index >= 15 is 0 Å². The highest BCUT2D eigenvalue weighted by Gasteiger charge is 2.31. The molecule has 1 aliphatic rings. The summed E-state index contributed by atoms with van der Waals surface area (Å²) in [7, 11) is -0.375. The van der Waals surface area contributed by atoms with Gasteiger partial charge in [-0.1, -0.05) is 12.1 Å². The molecule has 0 radical (unpaired) electrons. The lowest BCUT2D eigenvalue weighted by molar-refractivity contribution is 0.520. The van der Waals surface area contributed by atoms with E-state index in [1.54, 1.807) is 18.2 Å². The van der Waals surface area contributed by atoms with Gasteiger partial charge in [-0.2, -0.15) is 0 Å². The highest BCUT2D eigenvalue weighted by atomic mass is 32.2. The summed E-state index contributed by atoms with van der Waals surface area (Å²) in [6.07, 6.45) is 1.23. The van der Waals surface area contributed by atoms with Crippen LogP contribution < -0.4 is 5.46 Å². The lowest BCUT2D eigenvalue weighted by Gasteiger charge is -2.14. The highest BCUT2D eigenvalue weighted by Crippen LogP contribution is 2.23. The molecule has 86 valence electrons. The van der Waals surface area contributed by atoms with Crippen LogP contribution in [-0.2, 0) is 16.4 Å². The van der Waals surface area contributed by atoms with Crippen LogP contribution in [0.3, 0.4) is 0 Å². The van der Waals surface area contributed by atoms with Gasteiger partial charge in [-0.05, 0) is 29.8 Å². The summed E-state index contributed by atoms with van der Waals surface area (Å²) in [5.41, 5.74) is 1.52. The standard InChI is InChI=1S/C10H14BNO3S/c1-12(2)16(14,15)10-5-3-4-9-8(10)6-7-11(9)13/h3-5,13H,6-7H2,1-2H3. The Labute approximate surface area is 96.1 Å². The molecular formula is C10H14BNO3S. The first-order valence-electron chi connectivity index (χ1n) is 5.17. The number of nitrogens with zero attached hydrogens (tertiary/aromatic N) is 1. The smallest absolute Gasteiger partial charge is 0.324 e. The van der Waals surface area contributed by atoms with E-state index in [1.165, 1.54) is 18.4 Å². The molecule has 0 saturated carbocycles. The number of hydrogen-bond acceptors (Lipinski definition) is 3. The second-order valence-corrected chi connectivity index (χ2v) is 6.29. The summed E-state index contributed by atoms with van der Waals surface area (Å²) in [4.78, 5) is 0.326. The summed E-state index contributed by atoms with van der Waals surface area (Å²) in [6, 6.07) is 5.08. The van der Waals surface area contributed by atoms with Crippen molar-refractivity contribution in [3.8, 4) is 0 Å². The van der Waals surface area contributed by atoms with Gasteiger partial charge in [0.15, 0.2) is 0 Å². The Morgan fingerprint density at radius 3 is 2.69 bits per heavy atom. The molecule has 0 spiro atoms. The van der Waals surface area contributed by atoms with Crippen molar-refractivity contribution in [2.75, 3.05) is 14.1 Å². The highest BCUT2D eigenvalue weighted by molar-refractivity contribution is 7.89. The van der Waals surface area contributed by atoms with Gasteiger partial charge >= 0.3 is 6.92 Å². The Morgan fingerprint density at radius 2 is 2.06 bits per heavy atom. The molecule has 1 aromatic carbocycles. The summed E-state index contributed by atoms with van der Waals surface area (Å²) in [5, 5.41) is 9.70. The van der Waals surface area contributed by atoms with Gasteiger partial charge in [0.2, 0.25) is 10.0 Å². The Kier molecular flexibility index (Phi) is 2.81. The van der Waals surface area contributed by atoms with E-state index in [4.69, 9.17) is 0 Å². The number of sulfonamides is 1. The first-order chi connectivity index (χ1) is 7.44. The molecule has 0 atom stereocenters. The van der Waals surface area contributed by atoms with Crippen LogP contribution in [-0.4, -0.2) is 38.8 Å². The van der Waals surface area contributed by atoms with Crippen molar-refractivity contribution in [3.05, 3.63) is 23.8 Å². The third-order valence-corrected chi connectivity index (χ3v) is 4.85. The van der Waals surface area contributed by atoms with E-state index in [1.807, 2.05) is 0 Å². The third-order valence-electron chi connectivity index (χ3n) is 2.95. The van der Waals surface area contributed by atoms with Gasteiger partial charge in [0.25, 0.3) is 0 Å². The van der Waals surface area contributed by atoms with Gasteiger partial charge in [-0.15, -0.1) is 0 Å². The SMILES string of the molecule is CN(C)S(=O)(=O)c1cccc2c1CCB2O. The van der Waals surface area contributed by atoms with Gasteiger partial charge in [0.1, 0.15) is 0 Å². The fourth-order valence-electron chi connectivity index (χ4n) is 2.04. The molecule has 4 nitrogen and oxygen atoms in total. The number of rotatable bonds is 2. The Balaban J connectivity index is 2.61. The monoisotopic (exact) mass is 239 g/mol. The third kappa shape index (κ3) is 1.67. The molecule has 1 N–H and O–H groups in total. The number of fused-ring (bicyclic) bond motifs is 1. The zero-order chi connectivity index (χ0) is 11.9. The van der Waals surface area contributed by atoms with E-state index in [2.05, 4.69) is 0 Å². The molecule has 2 rings (SSSR count). The fraction of sp³-hybridized carbons (Fsp3) is 0.400. The molecule has 0 aromatic heterocycles. The quantitative estimate of drug-likeness (QED) is 0.720. The average molecular weight is 239 g/mol. The van der Waals surface area contributed by atoms with Crippen LogP contribution in [0.15, 0.2) is 23.1 Å². The summed E-state index contributed by atoms with van der Waals surface area (Å²) >= 11 is 0. The topological polar surface area (TPSA) is 57.6 Å². The van der Waals surface area contributed by atoms with Crippen molar-refractivity contribution in [1.82, 2.24) is 4.31 Å². The second-order valence-electron chi connectivity index (χ2n) is 4.17. The van der Waals surface area contributed by atoms with E-state index in [9.17, 15) is 13.4 Å². The van der Waals surface area contributed by atoms with Crippen LogP contribution in [0.4, 0.5) is 0 Å². The minimum atomic E-state index is -3.40. The summed E-state index contributed by atoms with van der Waals surface area (Å²) in [5.74, 6) is 0.